The second-order valence-electron chi connectivity index (χ2n) is 5.47. The Labute approximate surface area is 128 Å². The van der Waals surface area contributed by atoms with Crippen LogP contribution in [0.2, 0.25) is 0 Å². The molecule has 0 spiro atoms. The van der Waals surface area contributed by atoms with Gasteiger partial charge in [0.25, 0.3) is 0 Å². The van der Waals surface area contributed by atoms with E-state index in [0.717, 1.165) is 17.5 Å². The predicted octanol–water partition coefficient (Wildman–Crippen LogP) is 4.28. The van der Waals surface area contributed by atoms with Gasteiger partial charge in [-0.05, 0) is 24.1 Å². The van der Waals surface area contributed by atoms with E-state index in [1.165, 1.54) is 31.2 Å². The van der Waals surface area contributed by atoms with Crippen molar-refractivity contribution in [2.24, 2.45) is 14.1 Å². The van der Waals surface area contributed by atoms with Crippen molar-refractivity contribution in [3.05, 3.63) is 34.2 Å². The van der Waals surface area contributed by atoms with Gasteiger partial charge in [-0.1, -0.05) is 54.6 Å². The van der Waals surface area contributed by atoms with Crippen LogP contribution in [0.15, 0.2) is 23.0 Å². The smallest absolute Gasteiger partial charge is 0.295 e. The molecule has 1 heterocycles. The van der Waals surface area contributed by atoms with Crippen molar-refractivity contribution in [3.63, 3.8) is 0 Å². The monoisotopic (exact) mass is 338 g/mol. The predicted molar refractivity (Wildman–Crippen MR) is 88.6 cm³/mol. The molecule has 20 heavy (non-hydrogen) atoms. The lowest BCUT2D eigenvalue weighted by Crippen LogP contribution is -2.19. The van der Waals surface area contributed by atoms with E-state index in [4.69, 9.17) is 0 Å². The fourth-order valence-corrected chi connectivity index (χ4v) is 3.24. The molecule has 3 nitrogen and oxygen atoms in total. The first-order valence-electron chi connectivity index (χ1n) is 7.35. The first-order chi connectivity index (χ1) is 9.56. The van der Waals surface area contributed by atoms with E-state index >= 15 is 0 Å². The van der Waals surface area contributed by atoms with Crippen molar-refractivity contribution in [1.82, 2.24) is 9.13 Å². The molecule has 1 atom stereocenters. The van der Waals surface area contributed by atoms with Crippen molar-refractivity contribution in [1.29, 1.82) is 0 Å². The van der Waals surface area contributed by atoms with E-state index in [0.29, 0.717) is 4.83 Å². The Hall–Kier alpha value is -1.03. The molecule has 0 saturated carbocycles. The minimum atomic E-state index is 0.0335. The van der Waals surface area contributed by atoms with Crippen LogP contribution in [0.25, 0.3) is 11.0 Å². The molecule has 0 N–H and O–H groups in total. The summed E-state index contributed by atoms with van der Waals surface area (Å²) < 4.78 is 3.42. The molecule has 1 aromatic carbocycles. The van der Waals surface area contributed by atoms with Crippen LogP contribution in [0.1, 0.15) is 49.4 Å². The topological polar surface area (TPSA) is 26.9 Å². The van der Waals surface area contributed by atoms with Crippen LogP contribution < -0.4 is 5.69 Å². The number of fused-ring (bicyclic) bond motifs is 1. The van der Waals surface area contributed by atoms with Gasteiger partial charge in [0.1, 0.15) is 0 Å². The summed E-state index contributed by atoms with van der Waals surface area (Å²) in [7, 11) is 3.65. The third-order valence-corrected chi connectivity index (χ3v) is 4.96. The number of halogens is 1. The normalized spacial score (nSPS) is 13.0. The maximum Gasteiger partial charge on any atom is 0.328 e. The average Bonchev–Trinajstić information content (AvgIpc) is 2.68. The maximum absolute atomic E-state index is 11.9. The highest BCUT2D eigenvalue weighted by atomic mass is 79.9. The number of nitrogens with zero attached hydrogens (tertiary/aromatic N) is 2. The molecule has 110 valence electrons. The number of aryl methyl sites for hydroxylation is 2. The van der Waals surface area contributed by atoms with Crippen molar-refractivity contribution >= 4 is 27.0 Å². The molecule has 0 saturated heterocycles. The number of imidazole rings is 1. The van der Waals surface area contributed by atoms with Gasteiger partial charge < -0.3 is 0 Å². The van der Waals surface area contributed by atoms with Gasteiger partial charge in [0, 0.05) is 18.9 Å². The summed E-state index contributed by atoms with van der Waals surface area (Å²) in [6.45, 7) is 2.23. The van der Waals surface area contributed by atoms with Gasteiger partial charge in [0.15, 0.2) is 0 Å². The van der Waals surface area contributed by atoms with Crippen LogP contribution in [0.4, 0.5) is 0 Å². The summed E-state index contributed by atoms with van der Waals surface area (Å²) in [6, 6.07) is 6.31. The van der Waals surface area contributed by atoms with Crippen molar-refractivity contribution in [2.45, 2.75) is 43.9 Å². The highest BCUT2D eigenvalue weighted by Gasteiger charge is 2.12. The summed E-state index contributed by atoms with van der Waals surface area (Å²) in [4.78, 5) is 12.3. The minimum absolute atomic E-state index is 0.0335. The van der Waals surface area contributed by atoms with Gasteiger partial charge >= 0.3 is 5.69 Å². The Morgan fingerprint density at radius 2 is 1.80 bits per heavy atom. The van der Waals surface area contributed by atoms with Crippen molar-refractivity contribution < 1.29 is 0 Å². The molecule has 4 heteroatoms. The Balaban J connectivity index is 2.19. The lowest BCUT2D eigenvalue weighted by Gasteiger charge is -2.10. The van der Waals surface area contributed by atoms with E-state index in [-0.39, 0.29) is 5.69 Å². The molecule has 0 aliphatic heterocycles. The molecule has 0 aliphatic rings. The summed E-state index contributed by atoms with van der Waals surface area (Å²) in [5, 5.41) is 0. The van der Waals surface area contributed by atoms with E-state index < -0.39 is 0 Å². The standard InChI is InChI=1S/C16H23BrN2O/c1-4-5-6-7-8-13(17)12-9-10-14-15(11-12)19(3)16(20)18(14)2/h9-11,13H,4-8H2,1-3H3. The molecule has 1 aromatic heterocycles. The number of alkyl halides is 1. The molecule has 0 bridgehead atoms. The van der Waals surface area contributed by atoms with Gasteiger partial charge in [-0.2, -0.15) is 0 Å². The highest BCUT2D eigenvalue weighted by Crippen LogP contribution is 2.30. The van der Waals surface area contributed by atoms with Crippen LogP contribution in [0.3, 0.4) is 0 Å². The zero-order chi connectivity index (χ0) is 14.7. The van der Waals surface area contributed by atoms with Crippen LogP contribution >= 0.6 is 15.9 Å². The zero-order valence-corrected chi connectivity index (χ0v) is 14.1. The van der Waals surface area contributed by atoms with Gasteiger partial charge in [-0.15, -0.1) is 0 Å². The van der Waals surface area contributed by atoms with E-state index in [2.05, 4.69) is 35.0 Å². The number of aromatic nitrogens is 2. The van der Waals surface area contributed by atoms with Gasteiger partial charge in [-0.3, -0.25) is 9.13 Å². The fourth-order valence-electron chi connectivity index (χ4n) is 2.64. The average molecular weight is 339 g/mol. The van der Waals surface area contributed by atoms with Crippen LogP contribution in [0.5, 0.6) is 0 Å². The van der Waals surface area contributed by atoms with E-state index in [9.17, 15) is 4.79 Å². The summed E-state index contributed by atoms with van der Waals surface area (Å²) in [6.07, 6.45) is 6.27. The Morgan fingerprint density at radius 3 is 2.50 bits per heavy atom. The fraction of sp³-hybridized carbons (Fsp3) is 0.562. The number of hydrogen-bond acceptors (Lipinski definition) is 1. The summed E-state index contributed by atoms with van der Waals surface area (Å²) >= 11 is 3.78. The molecule has 2 aromatic rings. The van der Waals surface area contributed by atoms with Gasteiger partial charge in [-0.25, -0.2) is 4.79 Å². The Kier molecular flexibility index (Phi) is 5.08. The highest BCUT2D eigenvalue weighted by molar-refractivity contribution is 9.09. The zero-order valence-electron chi connectivity index (χ0n) is 12.5. The summed E-state index contributed by atoms with van der Waals surface area (Å²) in [5.74, 6) is 0. The van der Waals surface area contributed by atoms with Crippen molar-refractivity contribution in [3.8, 4) is 0 Å². The van der Waals surface area contributed by atoms with Crippen LogP contribution in [-0.4, -0.2) is 9.13 Å². The Morgan fingerprint density at radius 1 is 1.10 bits per heavy atom. The largest absolute Gasteiger partial charge is 0.328 e. The lowest BCUT2D eigenvalue weighted by atomic mass is 10.0. The SMILES string of the molecule is CCCCCCC(Br)c1ccc2c(c1)n(C)c(=O)n2C. The first-order valence-corrected chi connectivity index (χ1v) is 8.27. The molecule has 0 radical (unpaired) electrons. The lowest BCUT2D eigenvalue weighted by molar-refractivity contribution is 0.630. The number of unbranched alkanes of at least 4 members (excludes halogenated alkanes) is 3. The Bertz CT molecular complexity index is 642. The van der Waals surface area contributed by atoms with Crippen LogP contribution in [-0.2, 0) is 14.1 Å². The maximum atomic E-state index is 11.9. The third-order valence-electron chi connectivity index (χ3n) is 3.97. The molecule has 1 unspecified atom stereocenters. The molecule has 2 rings (SSSR count). The minimum Gasteiger partial charge on any atom is -0.295 e. The molecule has 0 amide bonds. The third kappa shape index (κ3) is 3.00. The second-order valence-corrected chi connectivity index (χ2v) is 6.57. The first kappa shape index (κ1) is 15.4. The quantitative estimate of drug-likeness (QED) is 0.570. The second kappa shape index (κ2) is 6.61. The summed E-state index contributed by atoms with van der Waals surface area (Å²) in [5.41, 5.74) is 3.29. The number of hydrogen-bond donors (Lipinski definition) is 0. The molecule has 0 aliphatic carbocycles. The van der Waals surface area contributed by atoms with Gasteiger partial charge in [0.05, 0.1) is 11.0 Å². The molecular formula is C16H23BrN2O. The van der Waals surface area contributed by atoms with E-state index in [1.54, 1.807) is 9.13 Å². The molecule has 0 fully saturated rings. The number of rotatable bonds is 6. The van der Waals surface area contributed by atoms with Crippen LogP contribution in [0, 0.1) is 0 Å². The van der Waals surface area contributed by atoms with Crippen molar-refractivity contribution in [2.75, 3.05) is 0 Å². The number of benzene rings is 1. The van der Waals surface area contributed by atoms with Gasteiger partial charge in [0.2, 0.25) is 0 Å². The van der Waals surface area contributed by atoms with E-state index in [1.807, 2.05) is 20.2 Å². The molecular weight excluding hydrogens is 316 g/mol.